The molecule has 1 aromatic carbocycles. The molecule has 1 aliphatic heterocycles. The molecule has 0 saturated carbocycles. The Bertz CT molecular complexity index is 381. The zero-order chi connectivity index (χ0) is 12.8. The predicted octanol–water partition coefficient (Wildman–Crippen LogP) is 2.93. The highest BCUT2D eigenvalue weighted by Crippen LogP contribution is 2.30. The highest BCUT2D eigenvalue weighted by molar-refractivity contribution is 8.06. The Balaban J connectivity index is 1.93. The lowest BCUT2D eigenvalue weighted by Crippen LogP contribution is -2.23. The molecule has 1 heterocycles. The van der Waals surface area contributed by atoms with Crippen LogP contribution < -0.4 is 15.8 Å². The van der Waals surface area contributed by atoms with E-state index in [-0.39, 0.29) is 0 Å². The van der Waals surface area contributed by atoms with Gasteiger partial charge in [-0.3, -0.25) is 0 Å². The van der Waals surface area contributed by atoms with Gasteiger partial charge >= 0.3 is 0 Å². The number of hydrogen-bond acceptors (Lipinski definition) is 5. The van der Waals surface area contributed by atoms with Gasteiger partial charge in [-0.1, -0.05) is 6.07 Å². The van der Waals surface area contributed by atoms with Crippen LogP contribution in [0.2, 0.25) is 0 Å². The summed E-state index contributed by atoms with van der Waals surface area (Å²) in [6.07, 6.45) is 0. The first-order valence-electron chi connectivity index (χ1n) is 6.25. The van der Waals surface area contributed by atoms with Crippen molar-refractivity contribution in [3.63, 3.8) is 0 Å². The van der Waals surface area contributed by atoms with E-state index >= 15 is 0 Å². The molecule has 0 aromatic heterocycles. The number of rotatable bonds is 5. The van der Waals surface area contributed by atoms with E-state index in [9.17, 15) is 0 Å². The third kappa shape index (κ3) is 3.65. The van der Waals surface area contributed by atoms with Crippen LogP contribution in [-0.2, 0) is 0 Å². The number of nitrogens with one attached hydrogen (secondary N) is 1. The monoisotopic (exact) mass is 284 g/mol. The Kier molecular flexibility index (Phi) is 5.38. The van der Waals surface area contributed by atoms with Crippen molar-refractivity contribution in [2.45, 2.75) is 12.2 Å². The molecule has 0 amide bonds. The molecule has 1 aliphatic rings. The molecule has 3 N–H and O–H groups in total. The summed E-state index contributed by atoms with van der Waals surface area (Å²) in [7, 11) is 0. The fourth-order valence-corrected chi connectivity index (χ4v) is 4.47. The smallest absolute Gasteiger partial charge is 0.144 e. The van der Waals surface area contributed by atoms with Gasteiger partial charge in [0.05, 0.1) is 18.0 Å². The molecule has 0 radical (unpaired) electrons. The molecule has 5 heteroatoms. The molecular formula is C13H20N2OS2. The molecule has 0 aliphatic carbocycles. The molecule has 0 bridgehead atoms. The maximum Gasteiger partial charge on any atom is 0.144 e. The second kappa shape index (κ2) is 7.04. The van der Waals surface area contributed by atoms with Crippen molar-refractivity contribution in [2.24, 2.45) is 0 Å². The number of nitrogen functional groups attached to an aromatic ring is 1. The Hall–Kier alpha value is -0.680. The third-order valence-corrected chi connectivity index (χ3v) is 5.62. The van der Waals surface area contributed by atoms with Crippen LogP contribution in [0.4, 0.5) is 11.4 Å². The number of ether oxygens (including phenoxy) is 1. The first kappa shape index (κ1) is 13.7. The van der Waals surface area contributed by atoms with Gasteiger partial charge in [-0.05, 0) is 19.1 Å². The van der Waals surface area contributed by atoms with Crippen LogP contribution in [0.25, 0.3) is 0 Å². The van der Waals surface area contributed by atoms with Crippen molar-refractivity contribution in [1.29, 1.82) is 0 Å². The average molecular weight is 284 g/mol. The Labute approximate surface area is 117 Å². The van der Waals surface area contributed by atoms with E-state index in [0.29, 0.717) is 17.5 Å². The predicted molar refractivity (Wildman–Crippen MR) is 84.1 cm³/mol. The van der Waals surface area contributed by atoms with Gasteiger partial charge in [-0.25, -0.2) is 0 Å². The van der Waals surface area contributed by atoms with Gasteiger partial charge in [0, 0.05) is 29.1 Å². The maximum absolute atomic E-state index is 6.09. The summed E-state index contributed by atoms with van der Waals surface area (Å²) in [6, 6.07) is 5.90. The Morgan fingerprint density at radius 2 is 2.33 bits per heavy atom. The molecule has 1 aromatic rings. The van der Waals surface area contributed by atoms with Crippen LogP contribution in [0.5, 0.6) is 5.75 Å². The Morgan fingerprint density at radius 3 is 3.06 bits per heavy atom. The van der Waals surface area contributed by atoms with E-state index in [2.05, 4.69) is 5.32 Å². The van der Waals surface area contributed by atoms with Crippen LogP contribution in [0, 0.1) is 0 Å². The van der Waals surface area contributed by atoms with Crippen LogP contribution in [-0.4, -0.2) is 35.7 Å². The minimum atomic E-state index is 0.642. The van der Waals surface area contributed by atoms with Crippen LogP contribution in [0.3, 0.4) is 0 Å². The lowest BCUT2D eigenvalue weighted by Gasteiger charge is -2.22. The maximum atomic E-state index is 6.09. The highest BCUT2D eigenvalue weighted by atomic mass is 32.2. The first-order valence-corrected chi connectivity index (χ1v) is 8.46. The zero-order valence-corrected chi connectivity index (χ0v) is 12.3. The molecule has 100 valence electrons. The summed E-state index contributed by atoms with van der Waals surface area (Å²) in [4.78, 5) is 0. The SMILES string of the molecule is CCOc1cccc(NCC2CSCCS2)c1N. The molecule has 1 fully saturated rings. The van der Waals surface area contributed by atoms with Crippen LogP contribution in [0.1, 0.15) is 6.92 Å². The summed E-state index contributed by atoms with van der Waals surface area (Å²) in [5.74, 6) is 4.53. The van der Waals surface area contributed by atoms with Crippen molar-refractivity contribution in [1.82, 2.24) is 0 Å². The van der Waals surface area contributed by atoms with E-state index in [1.54, 1.807) is 0 Å². The normalized spacial score (nSPS) is 19.5. The summed E-state index contributed by atoms with van der Waals surface area (Å²) < 4.78 is 5.49. The van der Waals surface area contributed by atoms with E-state index in [1.165, 1.54) is 17.3 Å². The summed E-state index contributed by atoms with van der Waals surface area (Å²) >= 11 is 4.08. The largest absolute Gasteiger partial charge is 0.492 e. The fourth-order valence-electron chi connectivity index (χ4n) is 1.86. The standard InChI is InChI=1S/C13H20N2OS2/c1-2-16-12-5-3-4-11(13(12)14)15-8-10-9-17-6-7-18-10/h3-5,10,15H,2,6-9,14H2,1H3. The molecule has 1 saturated heterocycles. The molecule has 0 spiro atoms. The van der Waals surface area contributed by atoms with Crippen molar-refractivity contribution in [2.75, 3.05) is 41.5 Å². The Morgan fingerprint density at radius 1 is 1.44 bits per heavy atom. The fraction of sp³-hybridized carbons (Fsp3) is 0.538. The number of anilines is 2. The number of benzene rings is 1. The minimum Gasteiger partial charge on any atom is -0.492 e. The number of thioether (sulfide) groups is 2. The molecular weight excluding hydrogens is 264 g/mol. The van der Waals surface area contributed by atoms with Gasteiger partial charge in [-0.2, -0.15) is 23.5 Å². The second-order valence-corrected chi connectivity index (χ2v) is 6.66. The number of hydrogen-bond donors (Lipinski definition) is 2. The highest BCUT2D eigenvalue weighted by Gasteiger charge is 2.14. The van der Waals surface area contributed by atoms with E-state index in [1.807, 2.05) is 48.6 Å². The zero-order valence-electron chi connectivity index (χ0n) is 10.6. The van der Waals surface area contributed by atoms with Crippen molar-refractivity contribution in [3.05, 3.63) is 18.2 Å². The quantitative estimate of drug-likeness (QED) is 0.814. The van der Waals surface area contributed by atoms with Gasteiger partial charge in [-0.15, -0.1) is 0 Å². The topological polar surface area (TPSA) is 47.3 Å². The second-order valence-electron chi connectivity index (χ2n) is 4.10. The van der Waals surface area contributed by atoms with Gasteiger partial charge in [0.15, 0.2) is 0 Å². The van der Waals surface area contributed by atoms with E-state index in [4.69, 9.17) is 10.5 Å². The van der Waals surface area contributed by atoms with Gasteiger partial charge in [0.25, 0.3) is 0 Å². The minimum absolute atomic E-state index is 0.642. The number of nitrogens with two attached hydrogens (primary N) is 1. The molecule has 18 heavy (non-hydrogen) atoms. The van der Waals surface area contributed by atoms with Crippen LogP contribution >= 0.6 is 23.5 Å². The summed E-state index contributed by atoms with van der Waals surface area (Å²) in [5, 5.41) is 4.12. The molecule has 3 nitrogen and oxygen atoms in total. The average Bonchev–Trinajstić information content (AvgIpc) is 2.41. The molecule has 2 rings (SSSR count). The van der Waals surface area contributed by atoms with Gasteiger partial charge in [0.2, 0.25) is 0 Å². The number of para-hydroxylation sites is 1. The van der Waals surface area contributed by atoms with Gasteiger partial charge in [0.1, 0.15) is 5.75 Å². The first-order chi connectivity index (χ1) is 8.81. The van der Waals surface area contributed by atoms with Crippen molar-refractivity contribution in [3.8, 4) is 5.75 Å². The summed E-state index contributed by atoms with van der Waals surface area (Å²) in [6.45, 7) is 3.58. The van der Waals surface area contributed by atoms with Crippen molar-refractivity contribution < 1.29 is 4.74 Å². The molecule has 1 unspecified atom stereocenters. The lowest BCUT2D eigenvalue weighted by atomic mass is 10.2. The van der Waals surface area contributed by atoms with Crippen LogP contribution in [0.15, 0.2) is 18.2 Å². The lowest BCUT2D eigenvalue weighted by molar-refractivity contribution is 0.342. The van der Waals surface area contributed by atoms with E-state index < -0.39 is 0 Å². The third-order valence-electron chi connectivity index (χ3n) is 2.77. The molecule has 1 atom stereocenters. The van der Waals surface area contributed by atoms with E-state index in [0.717, 1.165) is 18.0 Å². The van der Waals surface area contributed by atoms with Crippen molar-refractivity contribution >= 4 is 34.9 Å². The van der Waals surface area contributed by atoms with Gasteiger partial charge < -0.3 is 15.8 Å². The summed E-state index contributed by atoms with van der Waals surface area (Å²) in [5.41, 5.74) is 7.78.